The van der Waals surface area contributed by atoms with E-state index in [0.29, 0.717) is 11.3 Å². The summed E-state index contributed by atoms with van der Waals surface area (Å²) < 4.78 is 39.7. The van der Waals surface area contributed by atoms with Crippen LogP contribution in [0.15, 0.2) is 36.4 Å². The summed E-state index contributed by atoms with van der Waals surface area (Å²) in [5.74, 6) is -0.0924. The molecule has 1 amide bonds. The molecule has 1 aromatic heterocycles. The average Bonchev–Trinajstić information content (AvgIpc) is 3.27. The summed E-state index contributed by atoms with van der Waals surface area (Å²) in [4.78, 5) is 11.9. The molecule has 0 saturated heterocycles. The third-order valence-electron chi connectivity index (χ3n) is 3.74. The molecule has 7 heteroatoms. The van der Waals surface area contributed by atoms with Gasteiger partial charge in [-0.2, -0.15) is 18.3 Å². The van der Waals surface area contributed by atoms with Crippen molar-refractivity contribution in [2.24, 2.45) is 0 Å². The number of nitrogens with zero attached hydrogens (tertiary/aromatic N) is 2. The normalized spacial score (nSPS) is 14.7. The van der Waals surface area contributed by atoms with Gasteiger partial charge in [-0.25, -0.2) is 0 Å². The predicted octanol–water partition coefficient (Wildman–Crippen LogP) is 3.21. The Bertz CT molecular complexity index is 690. The number of carbonyl (C=O) groups excluding carboxylic acids is 1. The number of benzene rings is 1. The third-order valence-corrected chi connectivity index (χ3v) is 3.74. The fourth-order valence-corrected chi connectivity index (χ4v) is 2.42. The molecule has 1 fully saturated rings. The molecule has 1 saturated carbocycles. The van der Waals surface area contributed by atoms with Crippen molar-refractivity contribution in [2.75, 3.05) is 6.54 Å². The second-order valence-corrected chi connectivity index (χ2v) is 5.57. The monoisotopic (exact) mass is 323 g/mol. The van der Waals surface area contributed by atoms with Crippen LogP contribution in [0.4, 0.5) is 13.2 Å². The number of halogens is 3. The molecular weight excluding hydrogens is 307 g/mol. The van der Waals surface area contributed by atoms with Crippen LogP contribution in [0.2, 0.25) is 0 Å². The van der Waals surface area contributed by atoms with Crippen LogP contribution in [-0.2, 0) is 12.7 Å². The van der Waals surface area contributed by atoms with Crippen LogP contribution in [0.25, 0.3) is 0 Å². The molecule has 0 spiro atoms. The van der Waals surface area contributed by atoms with Crippen molar-refractivity contribution in [1.82, 2.24) is 15.1 Å². The largest absolute Gasteiger partial charge is 0.435 e. The van der Waals surface area contributed by atoms with E-state index in [4.69, 9.17) is 0 Å². The molecule has 2 aromatic rings. The molecule has 0 bridgehead atoms. The Morgan fingerprint density at radius 3 is 2.57 bits per heavy atom. The van der Waals surface area contributed by atoms with E-state index in [1.165, 1.54) is 4.68 Å². The van der Waals surface area contributed by atoms with Gasteiger partial charge in [-0.3, -0.25) is 9.48 Å². The lowest BCUT2D eigenvalue weighted by molar-refractivity contribution is -0.141. The molecule has 3 rings (SSSR count). The maximum absolute atomic E-state index is 12.8. The van der Waals surface area contributed by atoms with Crippen molar-refractivity contribution >= 4 is 5.91 Å². The second-order valence-electron chi connectivity index (χ2n) is 5.57. The molecule has 1 aliphatic rings. The highest BCUT2D eigenvalue weighted by molar-refractivity contribution is 5.94. The molecule has 1 heterocycles. The van der Waals surface area contributed by atoms with E-state index in [-0.39, 0.29) is 24.9 Å². The maximum atomic E-state index is 12.8. The van der Waals surface area contributed by atoms with Crippen LogP contribution in [0, 0.1) is 0 Å². The van der Waals surface area contributed by atoms with Gasteiger partial charge in [0.1, 0.15) is 0 Å². The van der Waals surface area contributed by atoms with E-state index in [9.17, 15) is 18.0 Å². The molecule has 0 unspecified atom stereocenters. The Morgan fingerprint density at radius 1 is 1.26 bits per heavy atom. The number of hydrogen-bond donors (Lipinski definition) is 1. The molecule has 1 N–H and O–H groups in total. The van der Waals surface area contributed by atoms with Crippen molar-refractivity contribution in [3.8, 4) is 0 Å². The maximum Gasteiger partial charge on any atom is 0.435 e. The quantitative estimate of drug-likeness (QED) is 0.918. The van der Waals surface area contributed by atoms with Gasteiger partial charge >= 0.3 is 6.18 Å². The fourth-order valence-electron chi connectivity index (χ4n) is 2.42. The molecule has 0 aliphatic heterocycles. The van der Waals surface area contributed by atoms with E-state index >= 15 is 0 Å². The fraction of sp³-hybridized carbons (Fsp3) is 0.375. The highest BCUT2D eigenvalue weighted by atomic mass is 19.4. The molecule has 122 valence electrons. The van der Waals surface area contributed by atoms with Gasteiger partial charge in [0.25, 0.3) is 5.91 Å². The Hall–Kier alpha value is -2.31. The summed E-state index contributed by atoms with van der Waals surface area (Å²) in [5.41, 5.74) is 0.256. The van der Waals surface area contributed by atoms with Gasteiger partial charge in [-0.15, -0.1) is 0 Å². The number of aromatic nitrogens is 2. The number of carbonyl (C=O) groups is 1. The predicted molar refractivity (Wildman–Crippen MR) is 78.0 cm³/mol. The van der Waals surface area contributed by atoms with E-state index in [1.807, 2.05) is 0 Å². The zero-order valence-electron chi connectivity index (χ0n) is 12.3. The topological polar surface area (TPSA) is 46.9 Å². The molecule has 23 heavy (non-hydrogen) atoms. The number of amides is 1. The first kappa shape index (κ1) is 15.6. The van der Waals surface area contributed by atoms with Gasteiger partial charge in [0, 0.05) is 23.7 Å². The number of nitrogens with one attached hydrogen (secondary N) is 1. The zero-order valence-corrected chi connectivity index (χ0v) is 12.3. The van der Waals surface area contributed by atoms with Gasteiger partial charge < -0.3 is 5.32 Å². The Morgan fingerprint density at radius 2 is 1.96 bits per heavy atom. The smallest absolute Gasteiger partial charge is 0.350 e. The lowest BCUT2D eigenvalue weighted by atomic mass is 10.2. The average molecular weight is 323 g/mol. The first-order chi connectivity index (χ1) is 10.9. The summed E-state index contributed by atoms with van der Waals surface area (Å²) >= 11 is 0. The highest BCUT2D eigenvalue weighted by Crippen LogP contribution is 2.42. The van der Waals surface area contributed by atoms with Gasteiger partial charge in [0.15, 0.2) is 5.69 Å². The van der Waals surface area contributed by atoms with E-state index < -0.39 is 11.9 Å². The van der Waals surface area contributed by atoms with E-state index in [1.54, 1.807) is 30.3 Å². The zero-order chi connectivity index (χ0) is 16.4. The Balaban J connectivity index is 1.64. The number of rotatable bonds is 5. The molecule has 0 radical (unpaired) electrons. The molecule has 4 nitrogen and oxygen atoms in total. The minimum Gasteiger partial charge on any atom is -0.350 e. The van der Waals surface area contributed by atoms with Crippen molar-refractivity contribution in [1.29, 1.82) is 0 Å². The van der Waals surface area contributed by atoms with Gasteiger partial charge in [0.05, 0.1) is 6.54 Å². The summed E-state index contributed by atoms with van der Waals surface area (Å²) in [7, 11) is 0. The third kappa shape index (κ3) is 3.72. The first-order valence-electron chi connectivity index (χ1n) is 7.43. The Labute approximate surface area is 131 Å². The van der Waals surface area contributed by atoms with Crippen LogP contribution in [0.3, 0.4) is 0 Å². The molecule has 1 aliphatic carbocycles. The second kappa shape index (κ2) is 6.06. The van der Waals surface area contributed by atoms with Gasteiger partial charge in [-0.1, -0.05) is 18.2 Å². The lowest BCUT2D eigenvalue weighted by Crippen LogP contribution is -2.28. The van der Waals surface area contributed by atoms with Crippen molar-refractivity contribution < 1.29 is 18.0 Å². The van der Waals surface area contributed by atoms with Gasteiger partial charge in [0.2, 0.25) is 0 Å². The van der Waals surface area contributed by atoms with E-state index in [0.717, 1.165) is 18.9 Å². The molecule has 0 atom stereocenters. The first-order valence-corrected chi connectivity index (χ1v) is 7.43. The standard InChI is InChI=1S/C16H16F3N3O/c17-16(18,19)14-10-13(11-6-7-11)22(21-14)9-8-20-15(23)12-4-2-1-3-5-12/h1-5,10-11H,6-9H2,(H,20,23). The number of hydrogen-bond acceptors (Lipinski definition) is 2. The molecule has 1 aromatic carbocycles. The van der Waals surface area contributed by atoms with Crippen molar-refractivity contribution in [3.05, 3.63) is 53.3 Å². The van der Waals surface area contributed by atoms with Crippen molar-refractivity contribution in [3.63, 3.8) is 0 Å². The summed E-state index contributed by atoms with van der Waals surface area (Å²) in [6, 6.07) is 9.80. The minimum absolute atomic E-state index is 0.156. The van der Waals surface area contributed by atoms with Crippen LogP contribution in [0.1, 0.15) is 40.5 Å². The highest BCUT2D eigenvalue weighted by Gasteiger charge is 2.37. The summed E-state index contributed by atoms with van der Waals surface area (Å²) in [6.07, 6.45) is -2.67. The van der Waals surface area contributed by atoms with Crippen LogP contribution in [0.5, 0.6) is 0 Å². The minimum atomic E-state index is -4.44. The Kier molecular flexibility index (Phi) is 4.11. The summed E-state index contributed by atoms with van der Waals surface area (Å²) in [5, 5.41) is 6.35. The van der Waals surface area contributed by atoms with Gasteiger partial charge in [-0.05, 0) is 31.0 Å². The molecular formula is C16H16F3N3O. The lowest BCUT2D eigenvalue weighted by Gasteiger charge is -2.08. The summed E-state index contributed by atoms with van der Waals surface area (Å²) in [6.45, 7) is 0.451. The number of alkyl halides is 3. The SMILES string of the molecule is O=C(NCCn1nc(C(F)(F)F)cc1C1CC1)c1ccccc1. The van der Waals surface area contributed by atoms with Crippen LogP contribution < -0.4 is 5.32 Å². The van der Waals surface area contributed by atoms with Crippen LogP contribution in [-0.4, -0.2) is 22.2 Å². The van der Waals surface area contributed by atoms with Crippen molar-refractivity contribution in [2.45, 2.75) is 31.5 Å². The van der Waals surface area contributed by atoms with Crippen LogP contribution >= 0.6 is 0 Å². The van der Waals surface area contributed by atoms with E-state index in [2.05, 4.69) is 10.4 Å².